The van der Waals surface area contributed by atoms with E-state index in [0.29, 0.717) is 5.02 Å². The van der Waals surface area contributed by atoms with Crippen molar-refractivity contribution >= 4 is 17.7 Å². The second-order valence-electron chi connectivity index (χ2n) is 7.00. The molecule has 1 amide bonds. The lowest BCUT2D eigenvalue weighted by Gasteiger charge is -2.23. The van der Waals surface area contributed by atoms with Crippen molar-refractivity contribution in [2.24, 2.45) is 0 Å². The van der Waals surface area contributed by atoms with Gasteiger partial charge in [-0.25, -0.2) is 4.79 Å². The zero-order valence-electron chi connectivity index (χ0n) is 14.0. The maximum absolute atomic E-state index is 12.0. The van der Waals surface area contributed by atoms with Crippen molar-refractivity contribution in [2.75, 3.05) is 0 Å². The third-order valence-corrected chi connectivity index (χ3v) is 4.02. The van der Waals surface area contributed by atoms with Crippen molar-refractivity contribution < 1.29 is 9.53 Å². The van der Waals surface area contributed by atoms with Crippen LogP contribution in [0.15, 0.2) is 36.7 Å². The molecule has 2 heterocycles. The number of halogens is 1. The quantitative estimate of drug-likeness (QED) is 0.900. The number of aromatic nitrogens is 2. The van der Waals surface area contributed by atoms with Crippen LogP contribution in [0, 0.1) is 0 Å². The Morgan fingerprint density at radius 2 is 1.75 bits per heavy atom. The molecule has 1 N–H and O–H groups in total. The van der Waals surface area contributed by atoms with E-state index in [2.05, 4.69) is 15.3 Å². The van der Waals surface area contributed by atoms with Gasteiger partial charge in [-0.2, -0.15) is 0 Å². The minimum atomic E-state index is -0.511. The lowest BCUT2D eigenvalue weighted by atomic mass is 10.1. The van der Waals surface area contributed by atoms with Crippen LogP contribution in [-0.4, -0.2) is 21.7 Å². The summed E-state index contributed by atoms with van der Waals surface area (Å²) in [5.74, 6) is 0. The van der Waals surface area contributed by atoms with Crippen LogP contribution < -0.4 is 5.32 Å². The van der Waals surface area contributed by atoms with Crippen LogP contribution in [0.5, 0.6) is 0 Å². The third kappa shape index (κ3) is 3.85. The molecule has 3 rings (SSSR count). The fourth-order valence-electron chi connectivity index (χ4n) is 2.47. The van der Waals surface area contributed by atoms with E-state index in [4.69, 9.17) is 16.3 Å². The zero-order valence-corrected chi connectivity index (χ0v) is 14.7. The molecule has 0 spiro atoms. The summed E-state index contributed by atoms with van der Waals surface area (Å²) in [6.07, 6.45) is 4.75. The first-order chi connectivity index (χ1) is 11.3. The van der Waals surface area contributed by atoms with Crippen LogP contribution in [0.3, 0.4) is 0 Å². The molecule has 0 atom stereocenters. The van der Waals surface area contributed by atoms with E-state index < -0.39 is 11.7 Å². The van der Waals surface area contributed by atoms with Crippen LogP contribution in [0.2, 0.25) is 5.02 Å². The Morgan fingerprint density at radius 3 is 2.21 bits per heavy atom. The molecule has 1 aliphatic carbocycles. The van der Waals surface area contributed by atoms with Gasteiger partial charge in [-0.15, -0.1) is 0 Å². The van der Waals surface area contributed by atoms with Gasteiger partial charge in [0.05, 0.1) is 21.9 Å². The maximum atomic E-state index is 12.0. The summed E-state index contributed by atoms with van der Waals surface area (Å²) in [4.78, 5) is 20.8. The van der Waals surface area contributed by atoms with Gasteiger partial charge < -0.3 is 10.1 Å². The molecule has 24 heavy (non-hydrogen) atoms. The number of pyridine rings is 2. The molecule has 1 aliphatic rings. The SMILES string of the molecule is CC(C)(C)OC(=O)NC1(c2ccc(-c3ccc(Cl)cn3)nc2)CC1. The molecule has 0 aromatic carbocycles. The Morgan fingerprint density at radius 1 is 1.12 bits per heavy atom. The minimum Gasteiger partial charge on any atom is -0.444 e. The summed E-state index contributed by atoms with van der Waals surface area (Å²) in [5, 5.41) is 3.56. The topological polar surface area (TPSA) is 64.1 Å². The molecule has 1 saturated carbocycles. The predicted octanol–water partition coefficient (Wildman–Crippen LogP) is 4.31. The van der Waals surface area contributed by atoms with Gasteiger partial charge in [0.15, 0.2) is 0 Å². The molecule has 0 saturated heterocycles. The predicted molar refractivity (Wildman–Crippen MR) is 92.8 cm³/mol. The van der Waals surface area contributed by atoms with Gasteiger partial charge >= 0.3 is 6.09 Å². The van der Waals surface area contributed by atoms with Gasteiger partial charge in [0.2, 0.25) is 0 Å². The summed E-state index contributed by atoms with van der Waals surface area (Å²) in [6, 6.07) is 7.49. The zero-order chi connectivity index (χ0) is 17.4. The molecule has 126 valence electrons. The first-order valence-corrected chi connectivity index (χ1v) is 8.25. The lowest BCUT2D eigenvalue weighted by Crippen LogP contribution is -2.39. The molecule has 0 bridgehead atoms. The Labute approximate surface area is 146 Å². The van der Waals surface area contributed by atoms with Crippen LogP contribution in [-0.2, 0) is 10.3 Å². The second kappa shape index (κ2) is 6.06. The monoisotopic (exact) mass is 345 g/mol. The van der Waals surface area contributed by atoms with Crippen LogP contribution >= 0.6 is 11.6 Å². The van der Waals surface area contributed by atoms with E-state index in [-0.39, 0.29) is 5.54 Å². The van der Waals surface area contributed by atoms with Crippen molar-refractivity contribution in [1.29, 1.82) is 0 Å². The van der Waals surface area contributed by atoms with Crippen molar-refractivity contribution in [1.82, 2.24) is 15.3 Å². The largest absolute Gasteiger partial charge is 0.444 e. The highest BCUT2D eigenvalue weighted by Crippen LogP contribution is 2.45. The molecule has 2 aromatic rings. The maximum Gasteiger partial charge on any atom is 0.408 e. The summed E-state index contributed by atoms with van der Waals surface area (Å²) in [7, 11) is 0. The van der Waals surface area contributed by atoms with Crippen molar-refractivity contribution in [3.63, 3.8) is 0 Å². The molecule has 1 fully saturated rings. The van der Waals surface area contributed by atoms with E-state index >= 15 is 0 Å². The smallest absolute Gasteiger partial charge is 0.408 e. The van der Waals surface area contributed by atoms with Crippen LogP contribution in [0.4, 0.5) is 4.79 Å². The molecule has 0 unspecified atom stereocenters. The first-order valence-electron chi connectivity index (χ1n) is 7.87. The first kappa shape index (κ1) is 16.7. The highest BCUT2D eigenvalue weighted by molar-refractivity contribution is 6.30. The van der Waals surface area contributed by atoms with E-state index in [1.165, 1.54) is 0 Å². The Bertz CT molecular complexity index is 732. The minimum absolute atomic E-state index is 0.360. The standard InChI is InChI=1S/C18H20ClN3O2/c1-17(2,3)24-16(23)22-18(8-9-18)12-4-6-14(20-10-12)15-7-5-13(19)11-21-15/h4-7,10-11H,8-9H2,1-3H3,(H,22,23). The summed E-state index contributed by atoms with van der Waals surface area (Å²) < 4.78 is 5.35. The molecule has 0 radical (unpaired) electrons. The third-order valence-electron chi connectivity index (χ3n) is 3.80. The van der Waals surface area contributed by atoms with E-state index in [1.807, 2.05) is 39.0 Å². The van der Waals surface area contributed by atoms with Gasteiger partial charge in [-0.3, -0.25) is 9.97 Å². The number of ether oxygens (including phenoxy) is 1. The highest BCUT2D eigenvalue weighted by Gasteiger charge is 2.46. The van der Waals surface area contributed by atoms with Gasteiger partial charge in [-0.05, 0) is 57.4 Å². The Hall–Kier alpha value is -2.14. The number of amides is 1. The van der Waals surface area contributed by atoms with Crippen molar-refractivity contribution in [2.45, 2.75) is 44.8 Å². The summed E-state index contributed by atoms with van der Waals surface area (Å²) in [5.41, 5.74) is 1.63. The highest BCUT2D eigenvalue weighted by atomic mass is 35.5. The molecule has 2 aromatic heterocycles. The molecule has 6 heteroatoms. The Kier molecular flexibility index (Phi) is 4.22. The number of alkyl carbamates (subject to hydrolysis) is 1. The van der Waals surface area contributed by atoms with Gasteiger partial charge in [0.25, 0.3) is 0 Å². The van der Waals surface area contributed by atoms with E-state index in [1.54, 1.807) is 18.5 Å². The van der Waals surface area contributed by atoms with Crippen LogP contribution in [0.25, 0.3) is 11.4 Å². The van der Waals surface area contributed by atoms with Gasteiger partial charge in [-0.1, -0.05) is 17.7 Å². The summed E-state index contributed by atoms with van der Waals surface area (Å²) >= 11 is 5.85. The summed E-state index contributed by atoms with van der Waals surface area (Å²) in [6.45, 7) is 5.55. The average molecular weight is 346 g/mol. The van der Waals surface area contributed by atoms with Crippen molar-refractivity contribution in [3.8, 4) is 11.4 Å². The second-order valence-corrected chi connectivity index (χ2v) is 7.44. The number of carbonyl (C=O) groups excluding carboxylic acids is 1. The molecule has 5 nitrogen and oxygen atoms in total. The normalized spacial score (nSPS) is 15.7. The average Bonchev–Trinajstić information content (AvgIpc) is 3.27. The molecule has 0 aliphatic heterocycles. The number of nitrogens with zero attached hydrogens (tertiary/aromatic N) is 2. The van der Waals surface area contributed by atoms with Gasteiger partial charge in [0, 0.05) is 12.4 Å². The fourth-order valence-corrected chi connectivity index (χ4v) is 2.58. The number of hydrogen-bond acceptors (Lipinski definition) is 4. The number of hydrogen-bond donors (Lipinski definition) is 1. The number of nitrogens with one attached hydrogen (secondary N) is 1. The van der Waals surface area contributed by atoms with E-state index in [0.717, 1.165) is 29.8 Å². The Balaban J connectivity index is 1.73. The lowest BCUT2D eigenvalue weighted by molar-refractivity contribution is 0.0495. The van der Waals surface area contributed by atoms with Gasteiger partial charge in [0.1, 0.15) is 5.60 Å². The van der Waals surface area contributed by atoms with Crippen molar-refractivity contribution in [3.05, 3.63) is 47.2 Å². The fraction of sp³-hybridized carbons (Fsp3) is 0.389. The molecular weight excluding hydrogens is 326 g/mol. The number of rotatable bonds is 3. The van der Waals surface area contributed by atoms with Crippen LogP contribution in [0.1, 0.15) is 39.2 Å². The number of carbonyl (C=O) groups is 1. The van der Waals surface area contributed by atoms with E-state index in [9.17, 15) is 4.79 Å². The molecular formula is C18H20ClN3O2.